The molecule has 0 aliphatic carbocycles. The number of carbonyl (C=O) groups is 2. The average molecular weight is 403 g/mol. The molecule has 1 aromatic heterocycles. The Balaban J connectivity index is 1.85. The molecule has 0 radical (unpaired) electrons. The van der Waals surface area contributed by atoms with Crippen LogP contribution in [0, 0.1) is 6.92 Å². The van der Waals surface area contributed by atoms with Crippen LogP contribution >= 0.6 is 11.3 Å². The van der Waals surface area contributed by atoms with Gasteiger partial charge in [0.15, 0.2) is 6.61 Å². The average Bonchev–Trinajstić information content (AvgIpc) is 3.20. The first kappa shape index (κ1) is 22.2. The number of esters is 1. The van der Waals surface area contributed by atoms with Gasteiger partial charge in [0, 0.05) is 5.38 Å². The highest BCUT2D eigenvalue weighted by Crippen LogP contribution is 2.21. The number of rotatable bonds is 12. The van der Waals surface area contributed by atoms with Crippen molar-refractivity contribution in [1.82, 2.24) is 0 Å². The Bertz CT molecular complexity index is 779. The summed E-state index contributed by atoms with van der Waals surface area (Å²) in [6.07, 6.45) is 8.68. The molecular weight excluding hydrogens is 372 g/mol. The molecule has 4 nitrogen and oxygen atoms in total. The summed E-state index contributed by atoms with van der Waals surface area (Å²) in [7, 11) is 1.32. The van der Waals surface area contributed by atoms with Crippen LogP contribution in [-0.4, -0.2) is 25.5 Å². The SMILES string of the molecule is CCCCCCCCc1cc(OCC(=O)c2cc(C(=O)OC)cs2)ccc1C. The number of hydrogen-bond acceptors (Lipinski definition) is 5. The maximum absolute atomic E-state index is 12.3. The number of ketones is 1. The Labute approximate surface area is 171 Å². The van der Waals surface area contributed by atoms with Crippen LogP contribution in [0.25, 0.3) is 0 Å². The minimum absolute atomic E-state index is 0.0410. The zero-order chi connectivity index (χ0) is 20.4. The van der Waals surface area contributed by atoms with Gasteiger partial charge in [0.1, 0.15) is 5.75 Å². The van der Waals surface area contributed by atoms with Gasteiger partial charge in [-0.25, -0.2) is 4.79 Å². The zero-order valence-electron chi connectivity index (χ0n) is 17.1. The molecule has 0 saturated carbocycles. The Kier molecular flexibility index (Phi) is 9.21. The van der Waals surface area contributed by atoms with Crippen molar-refractivity contribution in [2.75, 3.05) is 13.7 Å². The lowest BCUT2D eigenvalue weighted by molar-refractivity contribution is 0.0601. The van der Waals surface area contributed by atoms with E-state index >= 15 is 0 Å². The summed E-state index contributed by atoms with van der Waals surface area (Å²) in [4.78, 5) is 24.3. The molecule has 2 aromatic rings. The van der Waals surface area contributed by atoms with Crippen LogP contribution in [0.2, 0.25) is 0 Å². The van der Waals surface area contributed by atoms with E-state index in [-0.39, 0.29) is 12.4 Å². The van der Waals surface area contributed by atoms with E-state index in [4.69, 9.17) is 4.74 Å². The second-order valence-corrected chi connectivity index (χ2v) is 7.92. The number of unbranched alkanes of at least 4 members (excludes halogenated alkanes) is 5. The summed E-state index contributed by atoms with van der Waals surface area (Å²) in [5, 5.41) is 1.63. The molecule has 0 saturated heterocycles. The van der Waals surface area contributed by atoms with Gasteiger partial charge < -0.3 is 9.47 Å². The predicted octanol–water partition coefficient (Wildman–Crippen LogP) is 6.01. The highest BCUT2D eigenvalue weighted by molar-refractivity contribution is 7.12. The van der Waals surface area contributed by atoms with Crippen molar-refractivity contribution in [2.45, 2.75) is 58.8 Å². The number of ether oxygens (including phenoxy) is 2. The van der Waals surface area contributed by atoms with Gasteiger partial charge in [-0.1, -0.05) is 45.1 Å². The normalized spacial score (nSPS) is 10.7. The van der Waals surface area contributed by atoms with E-state index in [9.17, 15) is 9.59 Å². The van der Waals surface area contributed by atoms with Gasteiger partial charge in [0.2, 0.25) is 5.78 Å². The van der Waals surface area contributed by atoms with E-state index in [1.54, 1.807) is 11.4 Å². The Morgan fingerprint density at radius 3 is 2.54 bits per heavy atom. The third-order valence-electron chi connectivity index (χ3n) is 4.79. The molecule has 28 heavy (non-hydrogen) atoms. The summed E-state index contributed by atoms with van der Waals surface area (Å²) in [5.74, 6) is 0.136. The van der Waals surface area contributed by atoms with Crippen LogP contribution in [-0.2, 0) is 11.2 Å². The third kappa shape index (κ3) is 6.79. The molecule has 0 bridgehead atoms. The number of thiophene rings is 1. The van der Waals surface area contributed by atoms with Gasteiger partial charge >= 0.3 is 5.97 Å². The summed E-state index contributed by atoms with van der Waals surface area (Å²) in [5.41, 5.74) is 2.94. The molecule has 152 valence electrons. The van der Waals surface area contributed by atoms with E-state index < -0.39 is 5.97 Å². The minimum Gasteiger partial charge on any atom is -0.485 e. The molecule has 0 aliphatic heterocycles. The van der Waals surface area contributed by atoms with Crippen molar-refractivity contribution >= 4 is 23.1 Å². The molecule has 0 fully saturated rings. The molecule has 0 atom stereocenters. The molecule has 1 heterocycles. The van der Waals surface area contributed by atoms with Crippen LogP contribution in [0.4, 0.5) is 0 Å². The maximum Gasteiger partial charge on any atom is 0.338 e. The standard InChI is InChI=1S/C23H30O4S/c1-4-5-6-7-8-9-10-18-13-20(12-11-17(18)2)27-15-21(24)22-14-19(16-28-22)23(25)26-3/h11-14,16H,4-10,15H2,1-3H3. The highest BCUT2D eigenvalue weighted by Gasteiger charge is 2.14. The zero-order valence-corrected chi connectivity index (χ0v) is 17.9. The molecule has 5 heteroatoms. The summed E-state index contributed by atoms with van der Waals surface area (Å²) in [6, 6.07) is 7.55. The van der Waals surface area contributed by atoms with Crippen molar-refractivity contribution in [3.05, 3.63) is 51.2 Å². The molecule has 0 unspecified atom stereocenters. The number of hydrogen-bond donors (Lipinski definition) is 0. The van der Waals surface area contributed by atoms with Gasteiger partial charge in [-0.2, -0.15) is 0 Å². The van der Waals surface area contributed by atoms with Gasteiger partial charge in [0.05, 0.1) is 17.6 Å². The van der Waals surface area contributed by atoms with Crippen molar-refractivity contribution in [2.24, 2.45) is 0 Å². The number of aryl methyl sites for hydroxylation is 2. The van der Waals surface area contributed by atoms with E-state index in [0.29, 0.717) is 16.2 Å². The van der Waals surface area contributed by atoms with Gasteiger partial charge in [-0.15, -0.1) is 11.3 Å². The topological polar surface area (TPSA) is 52.6 Å². The van der Waals surface area contributed by atoms with Gasteiger partial charge in [-0.05, 0) is 49.1 Å². The lowest BCUT2D eigenvalue weighted by Crippen LogP contribution is -2.10. The number of benzene rings is 1. The Hall–Kier alpha value is -2.14. The largest absolute Gasteiger partial charge is 0.485 e. The summed E-state index contributed by atoms with van der Waals surface area (Å²) >= 11 is 1.23. The van der Waals surface area contributed by atoms with Crippen LogP contribution in [0.15, 0.2) is 29.6 Å². The fraction of sp³-hybridized carbons (Fsp3) is 0.478. The Morgan fingerprint density at radius 1 is 1.04 bits per heavy atom. The first-order chi connectivity index (χ1) is 13.5. The number of carbonyl (C=O) groups excluding carboxylic acids is 2. The highest BCUT2D eigenvalue weighted by atomic mass is 32.1. The van der Waals surface area contributed by atoms with Crippen molar-refractivity contribution in [3.63, 3.8) is 0 Å². The Morgan fingerprint density at radius 2 is 1.79 bits per heavy atom. The number of methoxy groups -OCH3 is 1. The third-order valence-corrected chi connectivity index (χ3v) is 5.76. The lowest BCUT2D eigenvalue weighted by atomic mass is 10.0. The van der Waals surface area contributed by atoms with E-state index in [0.717, 1.165) is 6.42 Å². The molecule has 0 spiro atoms. The monoisotopic (exact) mass is 402 g/mol. The van der Waals surface area contributed by atoms with Gasteiger partial charge in [-0.3, -0.25) is 4.79 Å². The van der Waals surface area contributed by atoms with E-state index in [1.165, 1.54) is 68.1 Å². The first-order valence-corrected chi connectivity index (χ1v) is 10.9. The predicted molar refractivity (Wildman–Crippen MR) is 114 cm³/mol. The maximum atomic E-state index is 12.3. The van der Waals surface area contributed by atoms with Crippen LogP contribution < -0.4 is 4.74 Å². The molecule has 1 aromatic carbocycles. The fourth-order valence-electron chi connectivity index (χ4n) is 3.03. The van der Waals surface area contributed by atoms with Gasteiger partial charge in [0.25, 0.3) is 0 Å². The second kappa shape index (κ2) is 11.6. The van der Waals surface area contributed by atoms with Crippen LogP contribution in [0.1, 0.15) is 76.6 Å². The molecule has 0 N–H and O–H groups in total. The van der Waals surface area contributed by atoms with Crippen molar-refractivity contribution in [1.29, 1.82) is 0 Å². The summed E-state index contributed by atoms with van der Waals surface area (Å²) < 4.78 is 10.4. The van der Waals surface area contributed by atoms with E-state index in [1.807, 2.05) is 18.2 Å². The molecule has 0 aliphatic rings. The number of Topliss-reactive ketones (excluding diaryl/α,β-unsaturated/α-hetero) is 1. The smallest absolute Gasteiger partial charge is 0.338 e. The van der Waals surface area contributed by atoms with Crippen molar-refractivity contribution < 1.29 is 19.1 Å². The van der Waals surface area contributed by atoms with E-state index in [2.05, 4.69) is 18.6 Å². The quantitative estimate of drug-likeness (QED) is 0.248. The first-order valence-electron chi connectivity index (χ1n) is 9.97. The van der Waals surface area contributed by atoms with Crippen molar-refractivity contribution in [3.8, 4) is 5.75 Å². The summed E-state index contributed by atoms with van der Waals surface area (Å²) in [6.45, 7) is 4.30. The van der Waals surface area contributed by atoms with Crippen LogP contribution in [0.3, 0.4) is 0 Å². The molecule has 2 rings (SSSR count). The minimum atomic E-state index is -0.436. The molecule has 0 amide bonds. The fourth-order valence-corrected chi connectivity index (χ4v) is 3.83. The second-order valence-electron chi connectivity index (χ2n) is 7.01. The molecular formula is C23H30O4S. The van der Waals surface area contributed by atoms with Crippen LogP contribution in [0.5, 0.6) is 5.75 Å². The lowest BCUT2D eigenvalue weighted by Gasteiger charge is -2.10.